The fourth-order valence-electron chi connectivity index (χ4n) is 4.33. The van der Waals surface area contributed by atoms with E-state index in [1.54, 1.807) is 48.8 Å². The van der Waals surface area contributed by atoms with Gasteiger partial charge in [-0.15, -0.1) is 0 Å². The number of rotatable bonds is 5. The highest BCUT2D eigenvalue weighted by Gasteiger charge is 2.24. The molecule has 6 nitrogen and oxygen atoms in total. The van der Waals surface area contributed by atoms with Crippen molar-refractivity contribution in [1.29, 1.82) is 0 Å². The number of para-hydroxylation sites is 1. The second kappa shape index (κ2) is 8.65. The minimum Gasteiger partial charge on any atom is -0.351 e. The van der Waals surface area contributed by atoms with Crippen LogP contribution in [0.5, 0.6) is 0 Å². The van der Waals surface area contributed by atoms with Crippen molar-refractivity contribution >= 4 is 38.5 Å². The van der Waals surface area contributed by atoms with Gasteiger partial charge in [-0.3, -0.25) is 0 Å². The molecule has 2 aromatic carbocycles. The van der Waals surface area contributed by atoms with Crippen molar-refractivity contribution in [3.63, 3.8) is 0 Å². The van der Waals surface area contributed by atoms with Crippen LogP contribution in [-0.4, -0.2) is 28.4 Å². The predicted octanol–water partition coefficient (Wildman–Crippen LogP) is 5.90. The first-order valence-corrected chi connectivity index (χ1v) is 12.6. The molecule has 1 atom stereocenters. The Balaban J connectivity index is 1.61. The van der Waals surface area contributed by atoms with Crippen molar-refractivity contribution in [1.82, 2.24) is 13.9 Å². The Bertz CT molecular complexity index is 1450. The van der Waals surface area contributed by atoms with Crippen LogP contribution in [0.1, 0.15) is 25.7 Å². The van der Waals surface area contributed by atoms with Gasteiger partial charge >= 0.3 is 0 Å². The van der Waals surface area contributed by atoms with Crippen LogP contribution in [-0.2, 0) is 10.0 Å². The predicted molar refractivity (Wildman–Crippen MR) is 132 cm³/mol. The van der Waals surface area contributed by atoms with Gasteiger partial charge in [0.2, 0.25) is 5.95 Å². The number of fused-ring (bicyclic) bond motifs is 1. The van der Waals surface area contributed by atoms with E-state index in [9.17, 15) is 8.42 Å². The van der Waals surface area contributed by atoms with Gasteiger partial charge in [-0.1, -0.05) is 60.2 Å². The Morgan fingerprint density at radius 3 is 2.64 bits per heavy atom. The summed E-state index contributed by atoms with van der Waals surface area (Å²) in [7, 11) is -3.80. The molecule has 0 spiro atoms. The smallest absolute Gasteiger partial charge is 0.268 e. The summed E-state index contributed by atoms with van der Waals surface area (Å²) in [6.45, 7) is 4.11. The fourth-order valence-corrected chi connectivity index (χ4v) is 5.91. The van der Waals surface area contributed by atoms with Crippen LogP contribution >= 0.6 is 11.6 Å². The van der Waals surface area contributed by atoms with Gasteiger partial charge < -0.3 is 5.32 Å². The molecule has 4 aromatic rings. The van der Waals surface area contributed by atoms with Crippen LogP contribution in [0.3, 0.4) is 0 Å². The molecule has 1 N–H and O–H groups in total. The molecule has 0 radical (unpaired) electrons. The second-order valence-electron chi connectivity index (χ2n) is 8.25. The molecule has 2 heterocycles. The molecular formula is C25H23ClN4O2S. The van der Waals surface area contributed by atoms with Gasteiger partial charge in [-0.25, -0.2) is 22.4 Å². The maximum Gasteiger partial charge on any atom is 0.268 e. The molecule has 0 amide bonds. The summed E-state index contributed by atoms with van der Waals surface area (Å²) in [5.41, 5.74) is 2.90. The van der Waals surface area contributed by atoms with E-state index in [1.165, 1.54) is 9.55 Å². The number of anilines is 1. The molecule has 168 valence electrons. The van der Waals surface area contributed by atoms with E-state index in [1.807, 2.05) is 18.2 Å². The molecule has 33 heavy (non-hydrogen) atoms. The van der Waals surface area contributed by atoms with E-state index < -0.39 is 10.0 Å². The van der Waals surface area contributed by atoms with Gasteiger partial charge in [-0.05, 0) is 43.9 Å². The third-order valence-corrected chi connectivity index (χ3v) is 7.89. The first-order valence-electron chi connectivity index (χ1n) is 10.8. The summed E-state index contributed by atoms with van der Waals surface area (Å²) in [6.07, 6.45) is 7.20. The van der Waals surface area contributed by atoms with Crippen LogP contribution in [0.25, 0.3) is 22.2 Å². The SMILES string of the molecule is C=C1CCCC(Nc2ncc(Cl)c(-c3cn(S(=O)(=O)c4ccccc4)c4ccccc34)n2)C1. The van der Waals surface area contributed by atoms with E-state index in [4.69, 9.17) is 11.6 Å². The third-order valence-electron chi connectivity index (χ3n) is 5.93. The number of hydrogen-bond acceptors (Lipinski definition) is 5. The zero-order valence-electron chi connectivity index (χ0n) is 17.9. The van der Waals surface area contributed by atoms with E-state index in [2.05, 4.69) is 21.9 Å². The van der Waals surface area contributed by atoms with E-state index >= 15 is 0 Å². The molecule has 5 rings (SSSR count). The second-order valence-corrected chi connectivity index (χ2v) is 10.5. The molecule has 2 aromatic heterocycles. The highest BCUT2D eigenvalue weighted by molar-refractivity contribution is 7.90. The van der Waals surface area contributed by atoms with Crippen LogP contribution in [0.15, 0.2) is 84.0 Å². The first-order chi connectivity index (χ1) is 15.9. The molecule has 1 saturated carbocycles. The molecule has 0 saturated heterocycles. The lowest BCUT2D eigenvalue weighted by atomic mass is 9.92. The first kappa shape index (κ1) is 21.7. The summed E-state index contributed by atoms with van der Waals surface area (Å²) in [5, 5.41) is 4.49. The number of hydrogen-bond donors (Lipinski definition) is 1. The largest absolute Gasteiger partial charge is 0.351 e. The van der Waals surface area contributed by atoms with Gasteiger partial charge in [0, 0.05) is 23.2 Å². The zero-order chi connectivity index (χ0) is 23.0. The maximum atomic E-state index is 13.4. The van der Waals surface area contributed by atoms with Gasteiger partial charge in [0.25, 0.3) is 10.0 Å². The molecule has 1 aliphatic rings. The summed E-state index contributed by atoms with van der Waals surface area (Å²) < 4.78 is 28.1. The highest BCUT2D eigenvalue weighted by atomic mass is 35.5. The van der Waals surface area contributed by atoms with E-state index in [-0.39, 0.29) is 10.9 Å². The number of aromatic nitrogens is 3. The van der Waals surface area contributed by atoms with Crippen molar-refractivity contribution in [2.45, 2.75) is 36.6 Å². The van der Waals surface area contributed by atoms with Gasteiger partial charge in [-0.2, -0.15) is 0 Å². The van der Waals surface area contributed by atoms with Crippen molar-refractivity contribution in [2.24, 2.45) is 0 Å². The Kier molecular flexibility index (Phi) is 5.68. The van der Waals surface area contributed by atoms with Gasteiger partial charge in [0.15, 0.2) is 0 Å². The molecule has 8 heteroatoms. The zero-order valence-corrected chi connectivity index (χ0v) is 19.5. The Labute approximate surface area is 198 Å². The van der Waals surface area contributed by atoms with Crippen LogP contribution in [0.2, 0.25) is 5.02 Å². The lowest BCUT2D eigenvalue weighted by Crippen LogP contribution is -2.24. The summed E-state index contributed by atoms with van der Waals surface area (Å²) in [5.74, 6) is 0.469. The summed E-state index contributed by atoms with van der Waals surface area (Å²) in [6, 6.07) is 15.9. The molecule has 0 bridgehead atoms. The van der Waals surface area contributed by atoms with Gasteiger partial charge in [0.05, 0.1) is 27.3 Å². The monoisotopic (exact) mass is 478 g/mol. The Morgan fingerprint density at radius 1 is 1.09 bits per heavy atom. The van der Waals surface area contributed by atoms with Crippen LogP contribution < -0.4 is 5.32 Å². The number of benzene rings is 2. The number of halogens is 1. The van der Waals surface area contributed by atoms with Crippen LogP contribution in [0.4, 0.5) is 5.95 Å². The molecular weight excluding hydrogens is 456 g/mol. The lowest BCUT2D eigenvalue weighted by Gasteiger charge is -2.24. The van der Waals surface area contributed by atoms with Crippen molar-refractivity contribution in [3.8, 4) is 11.3 Å². The van der Waals surface area contributed by atoms with E-state index in [0.29, 0.717) is 27.7 Å². The molecule has 0 aliphatic heterocycles. The lowest BCUT2D eigenvalue weighted by molar-refractivity contribution is 0.543. The maximum absolute atomic E-state index is 13.4. The standard InChI is InChI=1S/C25H23ClN4O2S/c1-17-8-7-9-18(14-17)28-25-27-15-22(26)24(29-25)21-16-30(23-13-6-5-12-20(21)23)33(31,32)19-10-3-2-4-11-19/h2-6,10-13,15-16,18H,1,7-9,14H2,(H,27,28,29). The normalized spacial score (nSPS) is 16.8. The van der Waals surface area contributed by atoms with Crippen LogP contribution in [0, 0.1) is 0 Å². The van der Waals surface area contributed by atoms with Crippen molar-refractivity contribution in [2.75, 3.05) is 5.32 Å². The number of nitrogens with one attached hydrogen (secondary N) is 1. The molecule has 1 aliphatic carbocycles. The van der Waals surface area contributed by atoms with Crippen molar-refractivity contribution in [3.05, 3.63) is 84.2 Å². The average molecular weight is 479 g/mol. The summed E-state index contributed by atoms with van der Waals surface area (Å²) in [4.78, 5) is 9.26. The quantitative estimate of drug-likeness (QED) is 0.361. The Hall–Kier alpha value is -3.16. The minimum absolute atomic E-state index is 0.214. The van der Waals surface area contributed by atoms with Gasteiger partial charge in [0.1, 0.15) is 0 Å². The third kappa shape index (κ3) is 4.14. The van der Waals surface area contributed by atoms with E-state index in [0.717, 1.165) is 31.1 Å². The molecule has 1 fully saturated rings. The minimum atomic E-state index is -3.80. The summed E-state index contributed by atoms with van der Waals surface area (Å²) >= 11 is 6.51. The van der Waals surface area contributed by atoms with Crippen molar-refractivity contribution < 1.29 is 8.42 Å². The topological polar surface area (TPSA) is 76.9 Å². The number of nitrogens with zero attached hydrogens (tertiary/aromatic N) is 3. The molecule has 1 unspecified atom stereocenters. The highest BCUT2D eigenvalue weighted by Crippen LogP contribution is 2.36. The Morgan fingerprint density at radius 2 is 1.85 bits per heavy atom. The fraction of sp³-hybridized carbons (Fsp3) is 0.200. The average Bonchev–Trinajstić information content (AvgIpc) is 3.21.